The van der Waals surface area contributed by atoms with Crippen LogP contribution in [0.5, 0.6) is 17.2 Å². The number of methoxy groups -OCH3 is 2. The Morgan fingerprint density at radius 2 is 1.84 bits per heavy atom. The Bertz CT molecular complexity index is 759. The van der Waals surface area contributed by atoms with Crippen LogP contribution in [0.3, 0.4) is 0 Å². The summed E-state index contributed by atoms with van der Waals surface area (Å²) in [4.78, 5) is 14.8. The number of carbonyl (C=O) groups excluding carboxylic acids is 1. The molecule has 1 heterocycles. The first-order valence-corrected chi connectivity index (χ1v) is 8.44. The van der Waals surface area contributed by atoms with Crippen LogP contribution in [-0.4, -0.2) is 42.7 Å². The van der Waals surface area contributed by atoms with E-state index in [0.717, 1.165) is 30.6 Å². The number of hydrogen-bond donors (Lipinski definition) is 1. The molecule has 0 aromatic heterocycles. The summed E-state index contributed by atoms with van der Waals surface area (Å²) in [6.45, 7) is 0.690. The molecule has 0 bridgehead atoms. The number of amides is 1. The maximum Gasteiger partial charge on any atom is 0.258 e. The Kier molecular flexibility index (Phi) is 5.12. The minimum Gasteiger partial charge on any atom is -0.504 e. The lowest BCUT2D eigenvalue weighted by Crippen LogP contribution is -2.36. The van der Waals surface area contributed by atoms with E-state index in [-0.39, 0.29) is 23.3 Å². The summed E-state index contributed by atoms with van der Waals surface area (Å²) < 4.78 is 10.5. The SMILES string of the molecule is COc1ccccc1CC1CCCN1C(=O)c1cccc(OC)c1O. The van der Waals surface area contributed by atoms with Gasteiger partial charge in [0.25, 0.3) is 5.91 Å². The van der Waals surface area contributed by atoms with Gasteiger partial charge in [0.15, 0.2) is 11.5 Å². The number of nitrogens with zero attached hydrogens (tertiary/aromatic N) is 1. The van der Waals surface area contributed by atoms with Crippen LogP contribution >= 0.6 is 0 Å². The van der Waals surface area contributed by atoms with E-state index in [1.165, 1.54) is 7.11 Å². The predicted molar refractivity (Wildman–Crippen MR) is 95.4 cm³/mol. The zero-order chi connectivity index (χ0) is 17.8. The van der Waals surface area contributed by atoms with Gasteiger partial charge in [-0.1, -0.05) is 24.3 Å². The third-order valence-corrected chi connectivity index (χ3v) is 4.74. The zero-order valence-corrected chi connectivity index (χ0v) is 14.6. The number of phenols is 1. The van der Waals surface area contributed by atoms with Crippen molar-refractivity contribution in [2.75, 3.05) is 20.8 Å². The number of benzene rings is 2. The van der Waals surface area contributed by atoms with Gasteiger partial charge in [-0.2, -0.15) is 0 Å². The van der Waals surface area contributed by atoms with Crippen molar-refractivity contribution in [2.24, 2.45) is 0 Å². The quantitative estimate of drug-likeness (QED) is 0.907. The van der Waals surface area contributed by atoms with Gasteiger partial charge in [-0.15, -0.1) is 0 Å². The lowest BCUT2D eigenvalue weighted by atomic mass is 10.0. The largest absolute Gasteiger partial charge is 0.504 e. The van der Waals surface area contributed by atoms with E-state index in [0.29, 0.717) is 12.3 Å². The van der Waals surface area contributed by atoms with Crippen molar-refractivity contribution < 1.29 is 19.4 Å². The normalized spacial score (nSPS) is 16.7. The third kappa shape index (κ3) is 3.40. The second-order valence-electron chi connectivity index (χ2n) is 6.17. The highest BCUT2D eigenvalue weighted by Gasteiger charge is 2.31. The van der Waals surface area contributed by atoms with Crippen LogP contribution in [-0.2, 0) is 6.42 Å². The highest BCUT2D eigenvalue weighted by molar-refractivity contribution is 5.98. The molecule has 2 aromatic carbocycles. The number of para-hydroxylation sites is 2. The molecule has 1 N–H and O–H groups in total. The number of hydrogen-bond acceptors (Lipinski definition) is 4. The van der Waals surface area contributed by atoms with Gasteiger partial charge in [0.1, 0.15) is 5.75 Å². The summed E-state index contributed by atoms with van der Waals surface area (Å²) in [5.41, 5.74) is 1.37. The van der Waals surface area contributed by atoms with Crippen molar-refractivity contribution in [2.45, 2.75) is 25.3 Å². The van der Waals surface area contributed by atoms with Crippen LogP contribution in [0.25, 0.3) is 0 Å². The molecule has 1 amide bonds. The second-order valence-corrected chi connectivity index (χ2v) is 6.17. The van der Waals surface area contributed by atoms with Crippen molar-refractivity contribution in [3.8, 4) is 17.2 Å². The number of likely N-dealkylation sites (tertiary alicyclic amines) is 1. The second kappa shape index (κ2) is 7.47. The summed E-state index contributed by atoms with van der Waals surface area (Å²) in [7, 11) is 3.13. The molecule has 2 aromatic rings. The van der Waals surface area contributed by atoms with Gasteiger partial charge in [0, 0.05) is 12.6 Å². The molecule has 1 aliphatic rings. The minimum atomic E-state index is -0.159. The molecule has 0 aliphatic carbocycles. The average molecular weight is 341 g/mol. The third-order valence-electron chi connectivity index (χ3n) is 4.74. The molecule has 1 atom stereocenters. The minimum absolute atomic E-state index is 0.0920. The summed E-state index contributed by atoms with van der Waals surface area (Å²) >= 11 is 0. The van der Waals surface area contributed by atoms with E-state index < -0.39 is 0 Å². The molecule has 1 aliphatic heterocycles. The first-order valence-electron chi connectivity index (χ1n) is 8.44. The van der Waals surface area contributed by atoms with Crippen molar-refractivity contribution in [3.63, 3.8) is 0 Å². The molecule has 5 nitrogen and oxygen atoms in total. The molecule has 1 saturated heterocycles. The van der Waals surface area contributed by atoms with Crippen LogP contribution in [0.15, 0.2) is 42.5 Å². The smallest absolute Gasteiger partial charge is 0.258 e. The summed E-state index contributed by atoms with van der Waals surface area (Å²) in [6.07, 6.45) is 2.63. The molecular weight excluding hydrogens is 318 g/mol. The van der Waals surface area contributed by atoms with E-state index in [4.69, 9.17) is 9.47 Å². The van der Waals surface area contributed by atoms with Gasteiger partial charge in [-0.05, 0) is 43.0 Å². The Hall–Kier alpha value is -2.69. The first kappa shape index (κ1) is 17.1. The average Bonchev–Trinajstić information content (AvgIpc) is 3.10. The maximum atomic E-state index is 13.0. The van der Waals surface area contributed by atoms with Crippen LogP contribution in [0.4, 0.5) is 0 Å². The zero-order valence-electron chi connectivity index (χ0n) is 14.6. The molecule has 0 saturated carbocycles. The predicted octanol–water partition coefficient (Wildman–Crippen LogP) is 3.26. The fraction of sp³-hybridized carbons (Fsp3) is 0.350. The summed E-state index contributed by atoms with van der Waals surface area (Å²) in [6, 6.07) is 13.0. The number of ether oxygens (including phenoxy) is 2. The first-order chi connectivity index (χ1) is 12.2. The Balaban J connectivity index is 1.83. The molecule has 0 radical (unpaired) electrons. The Morgan fingerprint density at radius 1 is 1.12 bits per heavy atom. The highest BCUT2D eigenvalue weighted by atomic mass is 16.5. The van der Waals surface area contributed by atoms with Gasteiger partial charge in [-0.3, -0.25) is 4.79 Å². The van der Waals surface area contributed by atoms with Crippen LogP contribution in [0.2, 0.25) is 0 Å². The fourth-order valence-electron chi connectivity index (χ4n) is 3.46. The highest BCUT2D eigenvalue weighted by Crippen LogP contribution is 2.33. The molecule has 132 valence electrons. The lowest BCUT2D eigenvalue weighted by molar-refractivity contribution is 0.0732. The van der Waals surface area contributed by atoms with E-state index in [1.54, 1.807) is 25.3 Å². The van der Waals surface area contributed by atoms with Gasteiger partial charge < -0.3 is 19.5 Å². The van der Waals surface area contributed by atoms with Gasteiger partial charge in [-0.25, -0.2) is 0 Å². The molecular formula is C20H23NO4. The topological polar surface area (TPSA) is 59.0 Å². The van der Waals surface area contributed by atoms with E-state index in [9.17, 15) is 9.90 Å². The Labute approximate surface area is 147 Å². The number of carbonyl (C=O) groups is 1. The summed E-state index contributed by atoms with van der Waals surface area (Å²) in [5, 5.41) is 10.3. The van der Waals surface area contributed by atoms with Gasteiger partial charge in [0.05, 0.1) is 19.8 Å². The monoisotopic (exact) mass is 341 g/mol. The van der Waals surface area contributed by atoms with Crippen LogP contribution < -0.4 is 9.47 Å². The summed E-state index contributed by atoms with van der Waals surface area (Å²) in [5.74, 6) is 0.893. The van der Waals surface area contributed by atoms with Crippen molar-refractivity contribution in [1.29, 1.82) is 0 Å². The van der Waals surface area contributed by atoms with E-state index in [2.05, 4.69) is 0 Å². The number of rotatable bonds is 5. The van der Waals surface area contributed by atoms with Crippen molar-refractivity contribution >= 4 is 5.91 Å². The van der Waals surface area contributed by atoms with Crippen molar-refractivity contribution in [1.82, 2.24) is 4.90 Å². The van der Waals surface area contributed by atoms with Crippen LogP contribution in [0.1, 0.15) is 28.8 Å². The van der Waals surface area contributed by atoms with E-state index in [1.807, 2.05) is 29.2 Å². The van der Waals surface area contributed by atoms with E-state index >= 15 is 0 Å². The molecule has 25 heavy (non-hydrogen) atoms. The molecule has 1 unspecified atom stereocenters. The molecule has 5 heteroatoms. The number of phenolic OH excluding ortho intramolecular Hbond substituents is 1. The van der Waals surface area contributed by atoms with Crippen molar-refractivity contribution in [3.05, 3.63) is 53.6 Å². The molecule has 3 rings (SSSR count). The maximum absolute atomic E-state index is 13.0. The molecule has 0 spiro atoms. The lowest BCUT2D eigenvalue weighted by Gasteiger charge is -2.26. The van der Waals surface area contributed by atoms with Gasteiger partial charge >= 0.3 is 0 Å². The standard InChI is InChI=1S/C20H23NO4/c1-24-17-10-4-3-7-14(17)13-15-8-6-12-21(15)20(23)16-9-5-11-18(25-2)19(16)22/h3-5,7,9-11,15,22H,6,8,12-13H2,1-2H3. The number of aromatic hydroxyl groups is 1. The molecule has 1 fully saturated rings. The Morgan fingerprint density at radius 3 is 2.60 bits per heavy atom. The fourth-order valence-corrected chi connectivity index (χ4v) is 3.46. The van der Waals surface area contributed by atoms with Crippen LogP contribution in [0, 0.1) is 0 Å². The van der Waals surface area contributed by atoms with Gasteiger partial charge in [0.2, 0.25) is 0 Å².